The Balaban J connectivity index is 1.37. The molecule has 31 heavy (non-hydrogen) atoms. The average Bonchev–Trinajstić information content (AvgIpc) is 3.56. The zero-order valence-electron chi connectivity index (χ0n) is 19.1. The number of nitrogens with one attached hydrogen (secondary N) is 1. The standard InChI is InChI=1S/C26H40N2O3/c1-20(18-23(29)19-21-10-5-4-6-11-21)24-12-9-14-26(31)28(24)17-8-3-2-7-13-25(30)27-22-15-16-22/h4-6,10-11,20,22-24,29H,2-3,7-9,12-19H2,1H3,(H,27,30)/t20-,23?,24+/m0/s1. The number of likely N-dealkylation sites (tertiary alicyclic amines) is 1. The van der Waals surface area contributed by atoms with Crippen molar-refractivity contribution in [3.8, 4) is 0 Å². The largest absolute Gasteiger partial charge is 0.393 e. The highest BCUT2D eigenvalue weighted by atomic mass is 16.3. The Labute approximate surface area is 187 Å². The summed E-state index contributed by atoms with van der Waals surface area (Å²) in [6.07, 6.45) is 10.6. The van der Waals surface area contributed by atoms with Crippen molar-refractivity contribution in [3.63, 3.8) is 0 Å². The molecule has 1 saturated heterocycles. The Morgan fingerprint density at radius 1 is 1.13 bits per heavy atom. The maximum atomic E-state index is 12.6. The van der Waals surface area contributed by atoms with Crippen LogP contribution in [-0.2, 0) is 16.0 Å². The molecule has 1 heterocycles. The van der Waals surface area contributed by atoms with E-state index in [1.807, 2.05) is 18.2 Å². The molecule has 1 unspecified atom stereocenters. The van der Waals surface area contributed by atoms with Crippen molar-refractivity contribution < 1.29 is 14.7 Å². The number of hydrogen-bond donors (Lipinski definition) is 2. The third-order valence-corrected chi connectivity index (χ3v) is 6.72. The van der Waals surface area contributed by atoms with Gasteiger partial charge in [0.2, 0.25) is 11.8 Å². The molecule has 1 aliphatic heterocycles. The average molecular weight is 429 g/mol. The molecule has 2 N–H and O–H groups in total. The Bertz CT molecular complexity index is 689. The number of amides is 2. The van der Waals surface area contributed by atoms with E-state index in [0.29, 0.717) is 25.3 Å². The molecule has 2 amide bonds. The fourth-order valence-electron chi connectivity index (χ4n) is 4.83. The van der Waals surface area contributed by atoms with Gasteiger partial charge in [-0.3, -0.25) is 9.59 Å². The predicted octanol–water partition coefficient (Wildman–Crippen LogP) is 4.23. The minimum absolute atomic E-state index is 0.191. The molecule has 5 nitrogen and oxygen atoms in total. The molecule has 2 fully saturated rings. The third-order valence-electron chi connectivity index (χ3n) is 6.72. The number of benzene rings is 1. The fourth-order valence-corrected chi connectivity index (χ4v) is 4.83. The minimum Gasteiger partial charge on any atom is -0.393 e. The topological polar surface area (TPSA) is 69.6 Å². The maximum absolute atomic E-state index is 12.6. The zero-order valence-corrected chi connectivity index (χ0v) is 19.1. The first-order valence-corrected chi connectivity index (χ1v) is 12.3. The lowest BCUT2D eigenvalue weighted by atomic mass is 9.86. The van der Waals surface area contributed by atoms with Crippen LogP contribution in [0.1, 0.15) is 83.1 Å². The van der Waals surface area contributed by atoms with E-state index < -0.39 is 0 Å². The van der Waals surface area contributed by atoms with Gasteiger partial charge in [-0.15, -0.1) is 0 Å². The molecule has 3 atom stereocenters. The summed E-state index contributed by atoms with van der Waals surface area (Å²) in [7, 11) is 0. The predicted molar refractivity (Wildman–Crippen MR) is 124 cm³/mol. The summed E-state index contributed by atoms with van der Waals surface area (Å²) in [5.41, 5.74) is 1.16. The molecule has 0 radical (unpaired) electrons. The van der Waals surface area contributed by atoms with E-state index in [9.17, 15) is 14.7 Å². The van der Waals surface area contributed by atoms with Gasteiger partial charge >= 0.3 is 0 Å². The lowest BCUT2D eigenvalue weighted by Crippen LogP contribution is -2.48. The van der Waals surface area contributed by atoms with Gasteiger partial charge in [0.05, 0.1) is 6.10 Å². The summed E-state index contributed by atoms with van der Waals surface area (Å²) in [6, 6.07) is 10.8. The number of aliphatic hydroxyl groups is 1. The number of piperidine rings is 1. The highest BCUT2D eigenvalue weighted by Crippen LogP contribution is 2.28. The van der Waals surface area contributed by atoms with Crippen LogP contribution in [0.25, 0.3) is 0 Å². The van der Waals surface area contributed by atoms with Crippen LogP contribution in [-0.4, -0.2) is 46.6 Å². The Kier molecular flexibility index (Phi) is 9.38. The monoisotopic (exact) mass is 428 g/mol. The Morgan fingerprint density at radius 3 is 2.61 bits per heavy atom. The molecule has 1 saturated carbocycles. The SMILES string of the molecule is C[C@@H](CC(O)Cc1ccccc1)[C@H]1CCCC(=O)N1CCCCCCC(=O)NC1CC1. The van der Waals surface area contributed by atoms with E-state index in [4.69, 9.17) is 0 Å². The van der Waals surface area contributed by atoms with E-state index in [1.165, 1.54) is 0 Å². The molecule has 1 aliphatic carbocycles. The van der Waals surface area contributed by atoms with Crippen LogP contribution in [0.4, 0.5) is 0 Å². The highest BCUT2D eigenvalue weighted by molar-refractivity contribution is 5.77. The van der Waals surface area contributed by atoms with Gasteiger partial charge in [-0.2, -0.15) is 0 Å². The van der Waals surface area contributed by atoms with Crippen LogP contribution >= 0.6 is 0 Å². The molecule has 0 bridgehead atoms. The van der Waals surface area contributed by atoms with Crippen molar-refractivity contribution in [2.45, 2.75) is 102 Å². The number of hydrogen-bond acceptors (Lipinski definition) is 3. The van der Waals surface area contributed by atoms with Crippen LogP contribution in [0.15, 0.2) is 30.3 Å². The molecule has 2 aliphatic rings. The first-order chi connectivity index (χ1) is 15.0. The van der Waals surface area contributed by atoms with Crippen LogP contribution in [0.3, 0.4) is 0 Å². The molecule has 0 spiro atoms. The van der Waals surface area contributed by atoms with Gasteiger partial charge in [0.1, 0.15) is 0 Å². The molecule has 1 aromatic rings. The molecule has 172 valence electrons. The van der Waals surface area contributed by atoms with Crippen LogP contribution < -0.4 is 5.32 Å². The molecular formula is C26H40N2O3. The van der Waals surface area contributed by atoms with Crippen LogP contribution in [0.2, 0.25) is 0 Å². The number of rotatable bonds is 13. The molecule has 3 rings (SSSR count). The van der Waals surface area contributed by atoms with E-state index in [1.54, 1.807) is 0 Å². The maximum Gasteiger partial charge on any atom is 0.222 e. The van der Waals surface area contributed by atoms with Gasteiger partial charge in [-0.05, 0) is 62.8 Å². The van der Waals surface area contributed by atoms with Gasteiger partial charge in [0.15, 0.2) is 0 Å². The summed E-state index contributed by atoms with van der Waals surface area (Å²) >= 11 is 0. The molecule has 0 aromatic heterocycles. The van der Waals surface area contributed by atoms with Crippen molar-refractivity contribution in [1.29, 1.82) is 0 Å². The van der Waals surface area contributed by atoms with Gasteiger partial charge in [0, 0.05) is 31.5 Å². The summed E-state index contributed by atoms with van der Waals surface area (Å²) < 4.78 is 0. The van der Waals surface area contributed by atoms with Gasteiger partial charge < -0.3 is 15.3 Å². The summed E-state index contributed by atoms with van der Waals surface area (Å²) in [5, 5.41) is 13.6. The lowest BCUT2D eigenvalue weighted by Gasteiger charge is -2.40. The molecule has 1 aromatic carbocycles. The summed E-state index contributed by atoms with van der Waals surface area (Å²) in [6.45, 7) is 2.99. The minimum atomic E-state index is -0.377. The number of carbonyl (C=O) groups excluding carboxylic acids is 2. The third kappa shape index (κ3) is 8.29. The van der Waals surface area contributed by atoms with Crippen molar-refractivity contribution in [2.24, 2.45) is 5.92 Å². The quantitative estimate of drug-likeness (QED) is 0.462. The van der Waals surface area contributed by atoms with Crippen LogP contribution in [0, 0.1) is 5.92 Å². The molecule has 5 heteroatoms. The fraction of sp³-hybridized carbons (Fsp3) is 0.692. The summed E-state index contributed by atoms with van der Waals surface area (Å²) in [5.74, 6) is 0.746. The second kappa shape index (κ2) is 12.2. The first kappa shape index (κ1) is 23.8. The second-order valence-corrected chi connectivity index (χ2v) is 9.61. The highest BCUT2D eigenvalue weighted by Gasteiger charge is 2.32. The van der Waals surface area contributed by atoms with E-state index in [0.717, 1.165) is 69.9 Å². The normalized spacial score (nSPS) is 21.0. The van der Waals surface area contributed by atoms with Crippen molar-refractivity contribution in [3.05, 3.63) is 35.9 Å². The van der Waals surface area contributed by atoms with E-state index in [-0.39, 0.29) is 29.9 Å². The number of nitrogens with zero attached hydrogens (tertiary/aromatic N) is 1. The number of carbonyl (C=O) groups is 2. The van der Waals surface area contributed by atoms with Crippen molar-refractivity contribution in [2.75, 3.05) is 6.54 Å². The van der Waals surface area contributed by atoms with Gasteiger partial charge in [-0.1, -0.05) is 50.1 Å². The number of unbranched alkanes of at least 4 members (excludes halogenated alkanes) is 3. The smallest absolute Gasteiger partial charge is 0.222 e. The summed E-state index contributed by atoms with van der Waals surface area (Å²) in [4.78, 5) is 26.5. The Morgan fingerprint density at radius 2 is 1.87 bits per heavy atom. The van der Waals surface area contributed by atoms with E-state index in [2.05, 4.69) is 29.3 Å². The van der Waals surface area contributed by atoms with Crippen molar-refractivity contribution >= 4 is 11.8 Å². The Hall–Kier alpha value is -1.88. The zero-order chi connectivity index (χ0) is 22.1. The van der Waals surface area contributed by atoms with Gasteiger partial charge in [-0.25, -0.2) is 0 Å². The van der Waals surface area contributed by atoms with Gasteiger partial charge in [0.25, 0.3) is 0 Å². The first-order valence-electron chi connectivity index (χ1n) is 12.3. The van der Waals surface area contributed by atoms with Crippen LogP contribution in [0.5, 0.6) is 0 Å². The van der Waals surface area contributed by atoms with Crippen molar-refractivity contribution in [1.82, 2.24) is 10.2 Å². The second-order valence-electron chi connectivity index (χ2n) is 9.61. The molecular weight excluding hydrogens is 388 g/mol. The van der Waals surface area contributed by atoms with E-state index >= 15 is 0 Å². The lowest BCUT2D eigenvalue weighted by molar-refractivity contribution is -0.138. The number of aliphatic hydroxyl groups excluding tert-OH is 1.